The number of ether oxygens (including phenoxy) is 1. The number of nitrogens with zero attached hydrogens (tertiary/aromatic N) is 2. The van der Waals surface area contributed by atoms with E-state index in [1.165, 1.54) is 0 Å². The Morgan fingerprint density at radius 1 is 0.938 bits per heavy atom. The van der Waals surface area contributed by atoms with E-state index < -0.39 is 5.97 Å². The molecule has 7 nitrogen and oxygen atoms in total. The first kappa shape index (κ1) is 21.0. The number of hydrogen-bond acceptors (Lipinski definition) is 6. The van der Waals surface area contributed by atoms with Crippen LogP contribution in [0.1, 0.15) is 27.3 Å². The Morgan fingerprint density at radius 2 is 1.66 bits per heavy atom. The summed E-state index contributed by atoms with van der Waals surface area (Å²) in [4.78, 5) is 29.3. The van der Waals surface area contributed by atoms with Crippen molar-refractivity contribution in [2.45, 2.75) is 20.0 Å². The van der Waals surface area contributed by atoms with Crippen LogP contribution < -0.4 is 5.32 Å². The molecular weight excluding hydrogens is 406 g/mol. The molecule has 0 aliphatic heterocycles. The van der Waals surface area contributed by atoms with Crippen molar-refractivity contribution in [1.29, 1.82) is 0 Å². The predicted octanol–water partition coefficient (Wildman–Crippen LogP) is 4.58. The number of hydrogen-bond donors (Lipinski definition) is 1. The van der Waals surface area contributed by atoms with Gasteiger partial charge in [0.1, 0.15) is 0 Å². The average Bonchev–Trinajstić information content (AvgIpc) is 3.28. The van der Waals surface area contributed by atoms with Crippen molar-refractivity contribution in [3.63, 3.8) is 0 Å². The molecule has 7 heteroatoms. The van der Waals surface area contributed by atoms with Crippen molar-refractivity contribution in [1.82, 2.24) is 10.1 Å². The lowest BCUT2D eigenvalue weighted by atomic mass is 10.1. The number of carbonyl (C=O) groups excluding carboxylic acids is 2. The molecular formula is C25H21N3O4. The van der Waals surface area contributed by atoms with Crippen LogP contribution in [0.3, 0.4) is 0 Å². The molecule has 1 N–H and O–H groups in total. The van der Waals surface area contributed by atoms with E-state index in [1.54, 1.807) is 24.3 Å². The average molecular weight is 427 g/mol. The maximum atomic E-state index is 12.6. The van der Waals surface area contributed by atoms with Crippen LogP contribution in [0, 0.1) is 6.92 Å². The van der Waals surface area contributed by atoms with Gasteiger partial charge in [-0.2, -0.15) is 4.98 Å². The van der Waals surface area contributed by atoms with Gasteiger partial charge < -0.3 is 14.6 Å². The second-order valence-electron chi connectivity index (χ2n) is 7.21. The van der Waals surface area contributed by atoms with Gasteiger partial charge in [0.05, 0.1) is 17.7 Å². The summed E-state index contributed by atoms with van der Waals surface area (Å²) in [6.07, 6.45) is 0.203. The lowest BCUT2D eigenvalue weighted by molar-refractivity contribution is -0.115. The number of amides is 1. The monoisotopic (exact) mass is 427 g/mol. The minimum Gasteiger partial charge on any atom is -0.454 e. The van der Waals surface area contributed by atoms with Gasteiger partial charge in [0, 0.05) is 5.56 Å². The normalized spacial score (nSPS) is 10.5. The standard InChI is InChI=1S/C25H21N3O4/c1-17-11-13-19(14-12-17)24-27-22(28-32-24)16-31-25(30)20-9-5-6-10-21(20)26-23(29)15-18-7-3-2-4-8-18/h2-14H,15-16H2,1H3,(H,26,29). The number of para-hydroxylation sites is 1. The number of anilines is 1. The number of aromatic nitrogens is 2. The summed E-state index contributed by atoms with van der Waals surface area (Å²) in [6.45, 7) is 1.84. The molecule has 0 saturated heterocycles. The summed E-state index contributed by atoms with van der Waals surface area (Å²) < 4.78 is 10.6. The van der Waals surface area contributed by atoms with E-state index in [-0.39, 0.29) is 30.3 Å². The highest BCUT2D eigenvalue weighted by Crippen LogP contribution is 2.20. The van der Waals surface area contributed by atoms with Crippen LogP contribution in [-0.4, -0.2) is 22.0 Å². The molecule has 4 aromatic rings. The first-order valence-corrected chi connectivity index (χ1v) is 10.1. The molecule has 0 bridgehead atoms. The fourth-order valence-corrected chi connectivity index (χ4v) is 3.08. The number of carbonyl (C=O) groups is 2. The molecule has 0 aliphatic rings. The largest absolute Gasteiger partial charge is 0.454 e. The third kappa shape index (κ3) is 5.26. The van der Waals surface area contributed by atoms with E-state index in [1.807, 2.05) is 61.5 Å². The Kier molecular flexibility index (Phi) is 6.36. The number of rotatable bonds is 7. The van der Waals surface area contributed by atoms with Gasteiger partial charge in [0.2, 0.25) is 11.7 Å². The van der Waals surface area contributed by atoms with Gasteiger partial charge in [-0.05, 0) is 36.8 Å². The van der Waals surface area contributed by atoms with Gasteiger partial charge >= 0.3 is 5.97 Å². The van der Waals surface area contributed by atoms with E-state index in [0.29, 0.717) is 11.6 Å². The van der Waals surface area contributed by atoms with Crippen LogP contribution in [-0.2, 0) is 22.6 Å². The Morgan fingerprint density at radius 3 is 2.44 bits per heavy atom. The Balaban J connectivity index is 1.39. The highest BCUT2D eigenvalue weighted by Gasteiger charge is 2.16. The fourth-order valence-electron chi connectivity index (χ4n) is 3.08. The smallest absolute Gasteiger partial charge is 0.340 e. The molecule has 1 aromatic heterocycles. The van der Waals surface area contributed by atoms with Gasteiger partial charge in [-0.15, -0.1) is 0 Å². The molecule has 1 heterocycles. The van der Waals surface area contributed by atoms with E-state index in [0.717, 1.165) is 16.7 Å². The second-order valence-corrected chi connectivity index (χ2v) is 7.21. The van der Waals surface area contributed by atoms with E-state index in [4.69, 9.17) is 9.26 Å². The third-order valence-corrected chi connectivity index (χ3v) is 4.73. The maximum absolute atomic E-state index is 12.6. The van der Waals surface area contributed by atoms with Gasteiger partial charge in [0.15, 0.2) is 6.61 Å². The fraction of sp³-hybridized carbons (Fsp3) is 0.120. The van der Waals surface area contributed by atoms with Crippen molar-refractivity contribution in [3.8, 4) is 11.5 Å². The van der Waals surface area contributed by atoms with E-state index in [2.05, 4.69) is 15.5 Å². The van der Waals surface area contributed by atoms with Crippen LogP contribution in [0.2, 0.25) is 0 Å². The summed E-state index contributed by atoms with van der Waals surface area (Å²) in [7, 11) is 0. The van der Waals surface area contributed by atoms with Gasteiger partial charge in [-0.1, -0.05) is 65.3 Å². The summed E-state index contributed by atoms with van der Waals surface area (Å²) in [6, 6.07) is 23.7. The molecule has 4 rings (SSSR count). The molecule has 0 atom stereocenters. The van der Waals surface area contributed by atoms with Crippen LogP contribution in [0.15, 0.2) is 83.4 Å². The maximum Gasteiger partial charge on any atom is 0.340 e. The van der Waals surface area contributed by atoms with Crippen LogP contribution in [0.5, 0.6) is 0 Å². The lowest BCUT2D eigenvalue weighted by Crippen LogP contribution is -2.17. The zero-order valence-electron chi connectivity index (χ0n) is 17.4. The zero-order valence-corrected chi connectivity index (χ0v) is 17.4. The van der Waals surface area contributed by atoms with Crippen LogP contribution in [0.4, 0.5) is 5.69 Å². The first-order chi connectivity index (χ1) is 15.6. The summed E-state index contributed by atoms with van der Waals surface area (Å²) in [5.41, 5.74) is 3.42. The SMILES string of the molecule is Cc1ccc(-c2nc(COC(=O)c3ccccc3NC(=O)Cc3ccccc3)no2)cc1. The van der Waals surface area contributed by atoms with Crippen LogP contribution >= 0.6 is 0 Å². The molecule has 0 saturated carbocycles. The predicted molar refractivity (Wildman–Crippen MR) is 119 cm³/mol. The number of esters is 1. The quantitative estimate of drug-likeness (QED) is 0.434. The first-order valence-electron chi connectivity index (χ1n) is 10.1. The number of benzene rings is 3. The van der Waals surface area contributed by atoms with Crippen molar-refractivity contribution in [3.05, 3.63) is 101 Å². The molecule has 0 fully saturated rings. The molecule has 160 valence electrons. The van der Waals surface area contributed by atoms with Gasteiger partial charge in [-0.25, -0.2) is 4.79 Å². The van der Waals surface area contributed by atoms with Crippen molar-refractivity contribution in [2.75, 3.05) is 5.32 Å². The highest BCUT2D eigenvalue weighted by atomic mass is 16.5. The third-order valence-electron chi connectivity index (χ3n) is 4.73. The zero-order chi connectivity index (χ0) is 22.3. The van der Waals surface area contributed by atoms with Crippen molar-refractivity contribution in [2.24, 2.45) is 0 Å². The highest BCUT2D eigenvalue weighted by molar-refractivity contribution is 6.01. The van der Waals surface area contributed by atoms with Gasteiger partial charge in [0.25, 0.3) is 5.89 Å². The molecule has 0 spiro atoms. The minimum absolute atomic E-state index is 0.152. The lowest BCUT2D eigenvalue weighted by Gasteiger charge is -2.10. The minimum atomic E-state index is -0.595. The molecule has 32 heavy (non-hydrogen) atoms. The topological polar surface area (TPSA) is 94.3 Å². The Labute approximate surface area is 185 Å². The number of nitrogens with one attached hydrogen (secondary N) is 1. The number of aryl methyl sites for hydroxylation is 1. The molecule has 0 unspecified atom stereocenters. The van der Waals surface area contributed by atoms with E-state index >= 15 is 0 Å². The Hall–Kier alpha value is -4.26. The van der Waals surface area contributed by atoms with Gasteiger partial charge in [-0.3, -0.25) is 4.79 Å². The van der Waals surface area contributed by atoms with E-state index in [9.17, 15) is 9.59 Å². The summed E-state index contributed by atoms with van der Waals surface area (Å²) >= 11 is 0. The van der Waals surface area contributed by atoms with Crippen molar-refractivity contribution < 1.29 is 18.8 Å². The molecule has 0 aliphatic carbocycles. The van der Waals surface area contributed by atoms with Crippen molar-refractivity contribution >= 4 is 17.6 Å². The Bertz CT molecular complexity index is 1220. The summed E-state index contributed by atoms with van der Waals surface area (Å²) in [5, 5.41) is 6.64. The summed E-state index contributed by atoms with van der Waals surface area (Å²) in [5.74, 6) is -0.219. The van der Waals surface area contributed by atoms with Crippen LogP contribution in [0.25, 0.3) is 11.5 Å². The molecule has 3 aromatic carbocycles. The second kappa shape index (κ2) is 9.70. The molecule has 0 radical (unpaired) electrons. The molecule has 1 amide bonds.